The molecule has 1 nitrogen and oxygen atoms in total. The summed E-state index contributed by atoms with van der Waals surface area (Å²) in [4.78, 5) is 0. The summed E-state index contributed by atoms with van der Waals surface area (Å²) in [6.07, 6.45) is 0.902. The lowest BCUT2D eigenvalue weighted by atomic mass is 9.96. The summed E-state index contributed by atoms with van der Waals surface area (Å²) in [6.45, 7) is 0. The molecule has 0 fully saturated rings. The Hall–Kier alpha value is -6.22. The highest BCUT2D eigenvalue weighted by atomic mass is 32.1. The Labute approximate surface area is 300 Å². The summed E-state index contributed by atoms with van der Waals surface area (Å²) >= 11 is 1.88. The SMILES string of the molecule is c1ccc2c(c1)oc1c(-c3ccc(-c4ccc(Cc5ccc(-c6ccc(-c7cccc8c7sc7ccccc78)cc6)cc5)cc4)cc3)cccc12. The third kappa shape index (κ3) is 5.33. The number of thiophene rings is 1. The van der Waals surface area contributed by atoms with Gasteiger partial charge in [-0.15, -0.1) is 11.3 Å². The van der Waals surface area contributed by atoms with E-state index in [1.54, 1.807) is 0 Å². The summed E-state index contributed by atoms with van der Waals surface area (Å²) in [7, 11) is 0. The normalized spacial score (nSPS) is 11.6. The van der Waals surface area contributed by atoms with E-state index in [9.17, 15) is 0 Å². The van der Waals surface area contributed by atoms with Crippen LogP contribution in [-0.2, 0) is 6.42 Å². The molecule has 51 heavy (non-hydrogen) atoms. The highest BCUT2D eigenvalue weighted by Gasteiger charge is 2.13. The van der Waals surface area contributed by atoms with Crippen molar-refractivity contribution in [3.63, 3.8) is 0 Å². The van der Waals surface area contributed by atoms with Gasteiger partial charge in [0.2, 0.25) is 0 Å². The second-order valence-corrected chi connectivity index (χ2v) is 14.3. The van der Waals surface area contributed by atoms with Gasteiger partial charge in [0.1, 0.15) is 11.2 Å². The fourth-order valence-corrected chi connectivity index (χ4v) is 8.74. The standard InChI is InChI=1S/C49H32OS/c1-3-13-46-42(7-1)44-11-5-9-40(48(44)50-46)38-27-23-36(24-28-38)34-19-15-32(16-20-34)31-33-17-21-35(22-18-33)37-25-29-39(30-26-37)41-10-6-12-45-43-8-2-4-14-47(43)51-49(41)45/h1-30H,31H2. The predicted molar refractivity (Wildman–Crippen MR) is 218 cm³/mol. The first-order valence-electron chi connectivity index (χ1n) is 17.5. The Morgan fingerprint density at radius 3 is 1.47 bits per heavy atom. The zero-order valence-corrected chi connectivity index (χ0v) is 28.7. The van der Waals surface area contributed by atoms with Crippen molar-refractivity contribution in [2.24, 2.45) is 0 Å². The van der Waals surface area contributed by atoms with E-state index >= 15 is 0 Å². The zero-order chi connectivity index (χ0) is 33.7. The number of furan rings is 1. The molecule has 2 aromatic heterocycles. The van der Waals surface area contributed by atoms with Crippen molar-refractivity contribution in [1.82, 2.24) is 0 Å². The minimum Gasteiger partial charge on any atom is -0.455 e. The van der Waals surface area contributed by atoms with Crippen LogP contribution in [0.15, 0.2) is 186 Å². The smallest absolute Gasteiger partial charge is 0.143 e. The van der Waals surface area contributed by atoms with Crippen molar-refractivity contribution in [3.8, 4) is 44.5 Å². The number of rotatable bonds is 6. The molecular formula is C49H32OS. The van der Waals surface area contributed by atoms with Gasteiger partial charge in [-0.3, -0.25) is 0 Å². The number of hydrogen-bond acceptors (Lipinski definition) is 2. The van der Waals surface area contributed by atoms with E-state index in [0.29, 0.717) is 0 Å². The van der Waals surface area contributed by atoms with Crippen molar-refractivity contribution in [3.05, 3.63) is 193 Å². The van der Waals surface area contributed by atoms with E-state index in [1.165, 1.54) is 64.7 Å². The Balaban J connectivity index is 0.833. The summed E-state index contributed by atoms with van der Waals surface area (Å²) < 4.78 is 8.98. The minimum atomic E-state index is 0.902. The number of para-hydroxylation sites is 2. The van der Waals surface area contributed by atoms with Crippen LogP contribution in [0, 0.1) is 0 Å². The Kier molecular flexibility index (Phi) is 7.14. The van der Waals surface area contributed by atoms with Crippen LogP contribution in [0.4, 0.5) is 0 Å². The molecule has 0 bridgehead atoms. The van der Waals surface area contributed by atoms with Gasteiger partial charge in [-0.05, 0) is 68.6 Å². The first-order valence-corrected chi connectivity index (χ1v) is 18.3. The molecule has 2 heteroatoms. The number of hydrogen-bond donors (Lipinski definition) is 0. The van der Waals surface area contributed by atoms with E-state index in [0.717, 1.165) is 39.5 Å². The maximum absolute atomic E-state index is 6.28. The van der Waals surface area contributed by atoms with Crippen molar-refractivity contribution < 1.29 is 4.42 Å². The topological polar surface area (TPSA) is 13.1 Å². The van der Waals surface area contributed by atoms with Crippen molar-refractivity contribution in [2.75, 3.05) is 0 Å². The van der Waals surface area contributed by atoms with Crippen molar-refractivity contribution >= 4 is 53.4 Å². The predicted octanol–water partition coefficient (Wildman–Crippen LogP) is 14.2. The van der Waals surface area contributed by atoms with Crippen LogP contribution >= 0.6 is 11.3 Å². The Bertz CT molecular complexity index is 2640. The van der Waals surface area contributed by atoms with E-state index in [2.05, 4.69) is 170 Å². The van der Waals surface area contributed by atoms with Crippen LogP contribution in [0.3, 0.4) is 0 Å². The van der Waals surface area contributed by atoms with E-state index in [-0.39, 0.29) is 0 Å². The van der Waals surface area contributed by atoms with Crippen molar-refractivity contribution in [2.45, 2.75) is 6.42 Å². The largest absolute Gasteiger partial charge is 0.455 e. The average Bonchev–Trinajstić information content (AvgIpc) is 3.78. The lowest BCUT2D eigenvalue weighted by Crippen LogP contribution is -1.89. The zero-order valence-electron chi connectivity index (χ0n) is 27.8. The fourth-order valence-electron chi connectivity index (χ4n) is 7.50. The van der Waals surface area contributed by atoms with E-state index < -0.39 is 0 Å². The van der Waals surface area contributed by atoms with Gasteiger partial charge in [0, 0.05) is 36.5 Å². The van der Waals surface area contributed by atoms with Crippen LogP contribution < -0.4 is 0 Å². The first-order chi connectivity index (χ1) is 25.2. The molecule has 0 aliphatic rings. The molecule has 0 atom stereocenters. The molecule has 0 radical (unpaired) electrons. The second-order valence-electron chi connectivity index (χ2n) is 13.3. The molecule has 0 saturated carbocycles. The molecule has 0 aliphatic heterocycles. The number of benzene rings is 8. The molecule has 240 valence electrons. The molecule has 0 N–H and O–H groups in total. The summed E-state index contributed by atoms with van der Waals surface area (Å²) in [5.41, 5.74) is 14.2. The van der Waals surface area contributed by atoms with Crippen LogP contribution in [-0.4, -0.2) is 0 Å². The highest BCUT2D eigenvalue weighted by Crippen LogP contribution is 2.40. The lowest BCUT2D eigenvalue weighted by molar-refractivity contribution is 0.670. The van der Waals surface area contributed by atoms with Crippen molar-refractivity contribution in [1.29, 1.82) is 0 Å². The summed E-state index contributed by atoms with van der Waals surface area (Å²) in [5, 5.41) is 4.99. The molecule has 0 unspecified atom stereocenters. The molecule has 10 aromatic rings. The average molecular weight is 669 g/mol. The second kappa shape index (κ2) is 12.3. The van der Waals surface area contributed by atoms with Crippen LogP contribution in [0.1, 0.15) is 11.1 Å². The molecule has 10 rings (SSSR count). The van der Waals surface area contributed by atoms with Gasteiger partial charge >= 0.3 is 0 Å². The van der Waals surface area contributed by atoms with Gasteiger partial charge in [0.15, 0.2) is 0 Å². The minimum absolute atomic E-state index is 0.902. The third-order valence-electron chi connectivity index (χ3n) is 10.2. The lowest BCUT2D eigenvalue weighted by Gasteiger charge is -2.09. The first kappa shape index (κ1) is 29.7. The summed E-state index contributed by atoms with van der Waals surface area (Å²) in [5.74, 6) is 0. The molecule has 0 saturated heterocycles. The van der Waals surface area contributed by atoms with Gasteiger partial charge in [-0.1, -0.05) is 170 Å². The van der Waals surface area contributed by atoms with Gasteiger partial charge in [-0.2, -0.15) is 0 Å². The third-order valence-corrected chi connectivity index (χ3v) is 11.4. The van der Waals surface area contributed by atoms with Gasteiger partial charge in [0.25, 0.3) is 0 Å². The van der Waals surface area contributed by atoms with Gasteiger partial charge < -0.3 is 4.42 Å². The Morgan fingerprint density at radius 2 is 0.824 bits per heavy atom. The summed E-state index contributed by atoms with van der Waals surface area (Å²) in [6, 6.07) is 65.9. The van der Waals surface area contributed by atoms with E-state index in [1.807, 2.05) is 23.5 Å². The number of fused-ring (bicyclic) bond motifs is 6. The molecule has 0 spiro atoms. The van der Waals surface area contributed by atoms with Gasteiger partial charge in [-0.25, -0.2) is 0 Å². The molecule has 8 aromatic carbocycles. The maximum Gasteiger partial charge on any atom is 0.143 e. The fraction of sp³-hybridized carbons (Fsp3) is 0.0204. The van der Waals surface area contributed by atoms with Gasteiger partial charge in [0.05, 0.1) is 0 Å². The molecular weight excluding hydrogens is 637 g/mol. The van der Waals surface area contributed by atoms with Crippen LogP contribution in [0.5, 0.6) is 0 Å². The molecule has 0 amide bonds. The molecule has 0 aliphatic carbocycles. The Morgan fingerprint density at radius 1 is 0.353 bits per heavy atom. The maximum atomic E-state index is 6.28. The van der Waals surface area contributed by atoms with Crippen LogP contribution in [0.2, 0.25) is 0 Å². The highest BCUT2D eigenvalue weighted by molar-refractivity contribution is 7.26. The molecule has 2 heterocycles. The quantitative estimate of drug-likeness (QED) is 0.172. The van der Waals surface area contributed by atoms with Crippen LogP contribution in [0.25, 0.3) is 86.6 Å². The monoisotopic (exact) mass is 668 g/mol. The van der Waals surface area contributed by atoms with E-state index in [4.69, 9.17) is 4.42 Å².